The number of carbonyl (C=O) groups is 1. The van der Waals surface area contributed by atoms with Gasteiger partial charge >= 0.3 is 0 Å². The molecule has 2 aromatic carbocycles. The summed E-state index contributed by atoms with van der Waals surface area (Å²) >= 11 is 0. The molecule has 1 aromatic heterocycles. The van der Waals surface area contributed by atoms with Crippen LogP contribution in [0.15, 0.2) is 66.9 Å². The van der Waals surface area contributed by atoms with E-state index in [4.69, 9.17) is 0 Å². The third kappa shape index (κ3) is 4.23. The number of aryl methyl sites for hydroxylation is 1. The van der Waals surface area contributed by atoms with Crippen LogP contribution in [0.25, 0.3) is 10.8 Å². The number of anilines is 1. The summed E-state index contributed by atoms with van der Waals surface area (Å²) in [7, 11) is 0. The van der Waals surface area contributed by atoms with Crippen LogP contribution in [-0.2, 0) is 11.2 Å². The second kappa shape index (κ2) is 8.98. The van der Waals surface area contributed by atoms with Crippen LogP contribution < -0.4 is 10.2 Å². The highest BCUT2D eigenvalue weighted by Gasteiger charge is 2.28. The predicted molar refractivity (Wildman–Crippen MR) is 115 cm³/mol. The average Bonchev–Trinajstić information content (AvgIpc) is 2.76. The number of hydrogen-bond acceptors (Lipinski definition) is 3. The van der Waals surface area contributed by atoms with Crippen LogP contribution >= 0.6 is 0 Å². The lowest BCUT2D eigenvalue weighted by Gasteiger charge is -2.34. The fourth-order valence-corrected chi connectivity index (χ4v) is 4.05. The van der Waals surface area contributed by atoms with Crippen LogP contribution in [0.5, 0.6) is 0 Å². The molecule has 0 saturated carbocycles. The zero-order valence-electron chi connectivity index (χ0n) is 16.2. The molecule has 1 atom stereocenters. The Morgan fingerprint density at radius 2 is 1.89 bits per heavy atom. The molecule has 28 heavy (non-hydrogen) atoms. The summed E-state index contributed by atoms with van der Waals surface area (Å²) in [6.45, 7) is 1.85. The molecule has 1 fully saturated rings. The van der Waals surface area contributed by atoms with E-state index in [1.807, 2.05) is 35.4 Å². The first-order valence-electron chi connectivity index (χ1n) is 10.2. The van der Waals surface area contributed by atoms with Gasteiger partial charge in [0.05, 0.1) is 6.04 Å². The number of pyridine rings is 1. The quantitative estimate of drug-likeness (QED) is 0.699. The molecule has 144 valence electrons. The monoisotopic (exact) mass is 373 g/mol. The fraction of sp³-hybridized carbons (Fsp3) is 0.333. The van der Waals surface area contributed by atoms with Crippen LogP contribution in [0.4, 0.5) is 5.82 Å². The number of piperidine rings is 1. The molecule has 1 unspecified atom stereocenters. The second-order valence-electron chi connectivity index (χ2n) is 7.46. The van der Waals surface area contributed by atoms with E-state index in [1.165, 1.54) is 5.56 Å². The van der Waals surface area contributed by atoms with Crippen molar-refractivity contribution in [2.75, 3.05) is 18.0 Å². The van der Waals surface area contributed by atoms with Gasteiger partial charge in [-0.1, -0.05) is 54.6 Å². The summed E-state index contributed by atoms with van der Waals surface area (Å²) < 4.78 is 0. The number of fused-ring (bicyclic) bond motifs is 1. The Kier molecular flexibility index (Phi) is 5.98. The number of benzene rings is 2. The summed E-state index contributed by atoms with van der Waals surface area (Å²) in [5, 5.41) is 5.62. The van der Waals surface area contributed by atoms with Gasteiger partial charge in [0.1, 0.15) is 5.82 Å². The summed E-state index contributed by atoms with van der Waals surface area (Å²) in [5.74, 6) is 0.977. The molecule has 0 aliphatic carbocycles. The van der Waals surface area contributed by atoms with E-state index >= 15 is 0 Å². The molecule has 4 heteroatoms. The number of hydrogen-bond donors (Lipinski definition) is 1. The minimum atomic E-state index is 0.163. The lowest BCUT2D eigenvalue weighted by Crippen LogP contribution is -2.49. The van der Waals surface area contributed by atoms with Gasteiger partial charge in [-0.25, -0.2) is 4.98 Å². The molecule has 4 nitrogen and oxygen atoms in total. The van der Waals surface area contributed by atoms with E-state index in [0.29, 0.717) is 6.42 Å². The molecule has 4 rings (SSSR count). The first kappa shape index (κ1) is 18.6. The molecule has 1 N–H and O–H groups in total. The lowest BCUT2D eigenvalue weighted by molar-refractivity contribution is -0.119. The van der Waals surface area contributed by atoms with Crippen LogP contribution in [0.1, 0.15) is 31.2 Å². The molecule has 0 radical (unpaired) electrons. The molecule has 2 heterocycles. The molecular formula is C24H27N3O. The maximum Gasteiger partial charge on any atom is 0.228 e. The Balaban J connectivity index is 1.57. The van der Waals surface area contributed by atoms with Crippen molar-refractivity contribution in [3.8, 4) is 0 Å². The topological polar surface area (TPSA) is 45.2 Å². The van der Waals surface area contributed by atoms with Crippen LogP contribution in [0.2, 0.25) is 0 Å². The molecule has 1 aliphatic rings. The number of rotatable bonds is 6. The van der Waals surface area contributed by atoms with Gasteiger partial charge in [0.25, 0.3) is 0 Å². The van der Waals surface area contributed by atoms with E-state index in [9.17, 15) is 4.79 Å². The van der Waals surface area contributed by atoms with E-state index < -0.39 is 0 Å². The van der Waals surface area contributed by atoms with Crippen molar-refractivity contribution >= 4 is 22.5 Å². The first-order valence-corrected chi connectivity index (χ1v) is 10.2. The Hall–Kier alpha value is -2.72. The minimum Gasteiger partial charge on any atom is -0.315 e. The zero-order valence-corrected chi connectivity index (χ0v) is 16.2. The van der Waals surface area contributed by atoms with E-state index in [-0.39, 0.29) is 11.9 Å². The van der Waals surface area contributed by atoms with E-state index in [2.05, 4.69) is 46.7 Å². The lowest BCUT2D eigenvalue weighted by atomic mass is 10.0. The highest BCUT2D eigenvalue weighted by Crippen LogP contribution is 2.28. The van der Waals surface area contributed by atoms with E-state index in [1.54, 1.807) is 0 Å². The number of nitrogens with one attached hydrogen (secondary N) is 1. The van der Waals surface area contributed by atoms with Crippen LogP contribution in [0.3, 0.4) is 0 Å². The SMILES string of the molecule is O=C(CCCc1ccccc1)N(c1nccc2ccccc12)C1CCCNC1. The third-order valence-corrected chi connectivity index (χ3v) is 5.48. The van der Waals surface area contributed by atoms with Crippen molar-refractivity contribution in [1.29, 1.82) is 0 Å². The van der Waals surface area contributed by atoms with Crippen molar-refractivity contribution in [3.63, 3.8) is 0 Å². The van der Waals surface area contributed by atoms with Crippen LogP contribution in [-0.4, -0.2) is 30.0 Å². The van der Waals surface area contributed by atoms with E-state index in [0.717, 1.165) is 55.4 Å². The Morgan fingerprint density at radius 1 is 1.07 bits per heavy atom. The third-order valence-electron chi connectivity index (χ3n) is 5.48. The van der Waals surface area contributed by atoms with Gasteiger partial charge < -0.3 is 5.32 Å². The normalized spacial score (nSPS) is 16.8. The van der Waals surface area contributed by atoms with Gasteiger partial charge in [0.2, 0.25) is 5.91 Å². The molecule has 1 aliphatic heterocycles. The van der Waals surface area contributed by atoms with Gasteiger partial charge in [0, 0.05) is 24.5 Å². The molecular weight excluding hydrogens is 346 g/mol. The Bertz CT molecular complexity index is 914. The maximum absolute atomic E-state index is 13.3. The van der Waals surface area contributed by atoms with Crippen molar-refractivity contribution in [2.24, 2.45) is 0 Å². The number of carbonyl (C=O) groups excluding carboxylic acids is 1. The molecule has 3 aromatic rings. The number of nitrogens with zero attached hydrogens (tertiary/aromatic N) is 2. The Morgan fingerprint density at radius 3 is 2.71 bits per heavy atom. The van der Waals surface area contributed by atoms with Gasteiger partial charge in [-0.2, -0.15) is 0 Å². The maximum atomic E-state index is 13.3. The average molecular weight is 374 g/mol. The largest absolute Gasteiger partial charge is 0.315 e. The van der Waals surface area contributed by atoms with Gasteiger partial charge in [-0.05, 0) is 49.2 Å². The highest BCUT2D eigenvalue weighted by molar-refractivity contribution is 6.02. The molecule has 1 saturated heterocycles. The second-order valence-corrected chi connectivity index (χ2v) is 7.46. The molecule has 0 bridgehead atoms. The van der Waals surface area contributed by atoms with Crippen molar-refractivity contribution in [1.82, 2.24) is 10.3 Å². The summed E-state index contributed by atoms with van der Waals surface area (Å²) in [4.78, 5) is 20.0. The van der Waals surface area contributed by atoms with Gasteiger partial charge in [-0.15, -0.1) is 0 Å². The number of aromatic nitrogens is 1. The van der Waals surface area contributed by atoms with Crippen LogP contribution in [0, 0.1) is 0 Å². The molecule has 1 amide bonds. The summed E-state index contributed by atoms with van der Waals surface area (Å²) in [6.07, 6.45) is 6.23. The smallest absolute Gasteiger partial charge is 0.228 e. The fourth-order valence-electron chi connectivity index (χ4n) is 4.05. The minimum absolute atomic E-state index is 0.163. The first-order chi connectivity index (χ1) is 13.8. The van der Waals surface area contributed by atoms with Crippen molar-refractivity contribution < 1.29 is 4.79 Å². The zero-order chi connectivity index (χ0) is 19.2. The summed E-state index contributed by atoms with van der Waals surface area (Å²) in [5.41, 5.74) is 1.28. The molecule has 0 spiro atoms. The van der Waals surface area contributed by atoms with Crippen molar-refractivity contribution in [2.45, 2.75) is 38.1 Å². The Labute approximate surface area is 166 Å². The predicted octanol–water partition coefficient (Wildman–Crippen LogP) is 4.34. The van der Waals surface area contributed by atoms with Crippen molar-refractivity contribution in [3.05, 3.63) is 72.4 Å². The van der Waals surface area contributed by atoms with Gasteiger partial charge in [-0.3, -0.25) is 9.69 Å². The standard InChI is InChI=1S/C24H27N3O/c28-23(14-6-10-19-8-2-1-3-9-19)27(21-12-7-16-25-18-21)24-22-13-5-4-11-20(22)15-17-26-24/h1-5,8-9,11,13,15,17,21,25H,6-7,10,12,14,16,18H2. The van der Waals surface area contributed by atoms with Gasteiger partial charge in [0.15, 0.2) is 0 Å². The highest BCUT2D eigenvalue weighted by atomic mass is 16.2. The summed E-state index contributed by atoms with van der Waals surface area (Å²) in [6, 6.07) is 20.7. The number of amides is 1.